The van der Waals surface area contributed by atoms with E-state index in [1.807, 2.05) is 24.3 Å². The normalized spacial score (nSPS) is 19.2. The van der Waals surface area contributed by atoms with Gasteiger partial charge in [-0.2, -0.15) is 0 Å². The summed E-state index contributed by atoms with van der Waals surface area (Å²) in [6, 6.07) is 7.57. The maximum absolute atomic E-state index is 11.9. The van der Waals surface area contributed by atoms with Gasteiger partial charge in [-0.25, -0.2) is 0 Å². The van der Waals surface area contributed by atoms with Gasteiger partial charge in [0.25, 0.3) is 0 Å². The summed E-state index contributed by atoms with van der Waals surface area (Å²) in [6.07, 6.45) is 1.48. The SMILES string of the molecule is COc1ccc(CC(=O)NCCC2CN(C)CCO2)cc1. The van der Waals surface area contributed by atoms with E-state index >= 15 is 0 Å². The predicted octanol–water partition coefficient (Wildman–Crippen LogP) is 1.07. The molecule has 0 spiro atoms. The van der Waals surface area contributed by atoms with Crippen molar-refractivity contribution < 1.29 is 14.3 Å². The van der Waals surface area contributed by atoms with E-state index in [2.05, 4.69) is 17.3 Å². The molecule has 1 amide bonds. The number of hydrogen-bond acceptors (Lipinski definition) is 4. The molecular weight excluding hydrogens is 268 g/mol. The number of ether oxygens (including phenoxy) is 2. The van der Waals surface area contributed by atoms with Gasteiger partial charge in [0.05, 0.1) is 26.2 Å². The Morgan fingerprint density at radius 2 is 2.19 bits per heavy atom. The fourth-order valence-corrected chi connectivity index (χ4v) is 2.41. The van der Waals surface area contributed by atoms with E-state index in [0.29, 0.717) is 13.0 Å². The highest BCUT2D eigenvalue weighted by Crippen LogP contribution is 2.11. The number of nitrogens with one attached hydrogen (secondary N) is 1. The average Bonchev–Trinajstić information content (AvgIpc) is 2.48. The zero-order chi connectivity index (χ0) is 15.1. The van der Waals surface area contributed by atoms with E-state index in [9.17, 15) is 4.79 Å². The first-order valence-corrected chi connectivity index (χ1v) is 7.37. The summed E-state index contributed by atoms with van der Waals surface area (Å²) in [5.41, 5.74) is 0.988. The van der Waals surface area contributed by atoms with Gasteiger partial charge in [0.1, 0.15) is 5.75 Å². The molecule has 0 aromatic heterocycles. The zero-order valence-electron chi connectivity index (χ0n) is 12.8. The van der Waals surface area contributed by atoms with E-state index in [1.165, 1.54) is 0 Å². The molecule has 1 aliphatic heterocycles. The molecule has 1 unspecified atom stereocenters. The highest BCUT2D eigenvalue weighted by Gasteiger charge is 2.17. The lowest BCUT2D eigenvalue weighted by molar-refractivity contribution is -0.120. The number of methoxy groups -OCH3 is 1. The lowest BCUT2D eigenvalue weighted by Crippen LogP contribution is -2.41. The topological polar surface area (TPSA) is 50.8 Å². The number of carbonyl (C=O) groups excluding carboxylic acids is 1. The van der Waals surface area contributed by atoms with Crippen LogP contribution in [0.4, 0.5) is 0 Å². The van der Waals surface area contributed by atoms with Crippen LogP contribution in [0.2, 0.25) is 0 Å². The van der Waals surface area contributed by atoms with Crippen LogP contribution in [0.1, 0.15) is 12.0 Å². The number of hydrogen-bond donors (Lipinski definition) is 1. The van der Waals surface area contributed by atoms with Crippen molar-refractivity contribution in [3.8, 4) is 5.75 Å². The molecule has 21 heavy (non-hydrogen) atoms. The van der Waals surface area contributed by atoms with Gasteiger partial charge in [-0.3, -0.25) is 4.79 Å². The van der Waals surface area contributed by atoms with Crippen LogP contribution in [-0.2, 0) is 16.0 Å². The minimum Gasteiger partial charge on any atom is -0.497 e. The minimum atomic E-state index is 0.0457. The summed E-state index contributed by atoms with van der Waals surface area (Å²) in [4.78, 5) is 14.1. The Balaban J connectivity index is 1.67. The van der Waals surface area contributed by atoms with Crippen LogP contribution >= 0.6 is 0 Å². The first kappa shape index (κ1) is 15.8. The van der Waals surface area contributed by atoms with Crippen LogP contribution in [0.25, 0.3) is 0 Å². The quantitative estimate of drug-likeness (QED) is 0.852. The second-order valence-electron chi connectivity index (χ2n) is 5.42. The number of nitrogens with zero attached hydrogens (tertiary/aromatic N) is 1. The Hall–Kier alpha value is -1.59. The van der Waals surface area contributed by atoms with E-state index in [1.54, 1.807) is 7.11 Å². The Labute approximate surface area is 126 Å². The summed E-state index contributed by atoms with van der Waals surface area (Å²) in [5, 5.41) is 2.95. The molecule has 1 aliphatic rings. The molecule has 1 saturated heterocycles. The highest BCUT2D eigenvalue weighted by molar-refractivity contribution is 5.78. The van der Waals surface area contributed by atoms with Crippen LogP contribution < -0.4 is 10.1 Å². The molecule has 1 N–H and O–H groups in total. The smallest absolute Gasteiger partial charge is 0.224 e. The molecule has 0 radical (unpaired) electrons. The molecule has 1 aromatic carbocycles. The standard InChI is InChI=1S/C16H24N2O3/c1-18-9-10-21-15(12-18)7-8-17-16(19)11-13-3-5-14(20-2)6-4-13/h3-6,15H,7-12H2,1-2H3,(H,17,19). The van der Waals surface area contributed by atoms with E-state index in [4.69, 9.17) is 9.47 Å². The molecule has 1 fully saturated rings. The first-order chi connectivity index (χ1) is 10.2. The fourth-order valence-electron chi connectivity index (χ4n) is 2.41. The van der Waals surface area contributed by atoms with E-state index < -0.39 is 0 Å². The maximum atomic E-state index is 11.9. The van der Waals surface area contributed by atoms with Crippen molar-refractivity contribution in [3.05, 3.63) is 29.8 Å². The summed E-state index contributed by atoms with van der Waals surface area (Å²) in [5.74, 6) is 0.849. The maximum Gasteiger partial charge on any atom is 0.224 e. The third kappa shape index (κ3) is 5.36. The minimum absolute atomic E-state index is 0.0457. The van der Waals surface area contributed by atoms with Crippen molar-refractivity contribution in [3.63, 3.8) is 0 Å². The van der Waals surface area contributed by atoms with Gasteiger partial charge in [-0.15, -0.1) is 0 Å². The second kappa shape index (κ2) is 8.00. The van der Waals surface area contributed by atoms with E-state index in [0.717, 1.165) is 37.4 Å². The van der Waals surface area contributed by atoms with Gasteiger partial charge in [-0.05, 0) is 31.2 Å². The van der Waals surface area contributed by atoms with Gasteiger partial charge in [-0.1, -0.05) is 12.1 Å². The van der Waals surface area contributed by atoms with Gasteiger partial charge < -0.3 is 19.7 Å². The molecule has 0 saturated carbocycles. The number of carbonyl (C=O) groups is 1. The molecule has 0 bridgehead atoms. The fraction of sp³-hybridized carbons (Fsp3) is 0.562. The van der Waals surface area contributed by atoms with Crippen molar-refractivity contribution in [1.29, 1.82) is 0 Å². The second-order valence-corrected chi connectivity index (χ2v) is 5.42. The van der Waals surface area contributed by atoms with Crippen LogP contribution in [-0.4, -0.2) is 57.3 Å². The molecule has 2 rings (SSSR count). The van der Waals surface area contributed by atoms with Crippen LogP contribution in [0.15, 0.2) is 24.3 Å². The molecule has 5 heteroatoms. The molecular formula is C16H24N2O3. The third-order valence-corrected chi connectivity index (χ3v) is 3.65. The monoisotopic (exact) mass is 292 g/mol. The average molecular weight is 292 g/mol. The molecule has 1 aromatic rings. The van der Waals surface area contributed by atoms with Crippen molar-refractivity contribution in [2.24, 2.45) is 0 Å². The van der Waals surface area contributed by atoms with Crippen LogP contribution in [0.3, 0.4) is 0 Å². The Kier molecular flexibility index (Phi) is 6.02. The van der Waals surface area contributed by atoms with Crippen LogP contribution in [0, 0.1) is 0 Å². The van der Waals surface area contributed by atoms with Crippen molar-refractivity contribution in [1.82, 2.24) is 10.2 Å². The number of morpholine rings is 1. The highest BCUT2D eigenvalue weighted by atomic mass is 16.5. The first-order valence-electron chi connectivity index (χ1n) is 7.37. The van der Waals surface area contributed by atoms with Crippen LogP contribution in [0.5, 0.6) is 5.75 Å². The number of amides is 1. The third-order valence-electron chi connectivity index (χ3n) is 3.65. The number of likely N-dealkylation sites (N-methyl/N-ethyl adjacent to an activating group) is 1. The lowest BCUT2D eigenvalue weighted by Gasteiger charge is -2.30. The molecule has 116 valence electrons. The summed E-state index contributed by atoms with van der Waals surface area (Å²) >= 11 is 0. The number of benzene rings is 1. The zero-order valence-corrected chi connectivity index (χ0v) is 12.8. The van der Waals surface area contributed by atoms with Crippen molar-refractivity contribution >= 4 is 5.91 Å². The van der Waals surface area contributed by atoms with Gasteiger partial charge in [0, 0.05) is 19.6 Å². The Morgan fingerprint density at radius 3 is 2.86 bits per heavy atom. The molecule has 0 aliphatic carbocycles. The van der Waals surface area contributed by atoms with Crippen molar-refractivity contribution in [2.45, 2.75) is 18.9 Å². The molecule has 5 nitrogen and oxygen atoms in total. The summed E-state index contributed by atoms with van der Waals surface area (Å²) in [6.45, 7) is 3.36. The molecule has 1 atom stereocenters. The van der Waals surface area contributed by atoms with Gasteiger partial charge >= 0.3 is 0 Å². The summed E-state index contributed by atoms with van der Waals surface area (Å²) in [7, 11) is 3.73. The van der Waals surface area contributed by atoms with E-state index in [-0.39, 0.29) is 12.0 Å². The van der Waals surface area contributed by atoms with Crippen molar-refractivity contribution in [2.75, 3.05) is 40.4 Å². The largest absolute Gasteiger partial charge is 0.497 e. The number of rotatable bonds is 6. The Bertz CT molecular complexity index is 447. The summed E-state index contributed by atoms with van der Waals surface area (Å²) < 4.78 is 10.8. The predicted molar refractivity (Wildman–Crippen MR) is 81.6 cm³/mol. The van der Waals surface area contributed by atoms with Gasteiger partial charge in [0.2, 0.25) is 5.91 Å². The Morgan fingerprint density at radius 1 is 1.43 bits per heavy atom. The van der Waals surface area contributed by atoms with Gasteiger partial charge in [0.15, 0.2) is 0 Å². The lowest BCUT2D eigenvalue weighted by atomic mass is 10.1. The molecule has 1 heterocycles.